The molecule has 28 heavy (non-hydrogen) atoms. The number of nitrogens with one attached hydrogen (secondary N) is 1. The highest BCUT2D eigenvalue weighted by Gasteiger charge is 2.23. The summed E-state index contributed by atoms with van der Waals surface area (Å²) in [4.78, 5) is 0. The van der Waals surface area contributed by atoms with E-state index in [1.165, 1.54) is 0 Å². The summed E-state index contributed by atoms with van der Waals surface area (Å²) in [6.45, 7) is 3.89. The van der Waals surface area contributed by atoms with Gasteiger partial charge in [0.1, 0.15) is 12.4 Å². The lowest BCUT2D eigenvalue weighted by Gasteiger charge is -2.27. The Kier molecular flexibility index (Phi) is 7.63. The third kappa shape index (κ3) is 4.57. The zero-order chi connectivity index (χ0) is 19.4. The monoisotopic (exact) mass is 405 g/mol. The van der Waals surface area contributed by atoms with Gasteiger partial charge in [-0.25, -0.2) is 0 Å². The summed E-state index contributed by atoms with van der Waals surface area (Å²) >= 11 is 0. The number of rotatable bonds is 8. The van der Waals surface area contributed by atoms with E-state index in [-0.39, 0.29) is 32.2 Å². The van der Waals surface area contributed by atoms with Crippen molar-refractivity contribution in [2.24, 2.45) is 0 Å². The van der Waals surface area contributed by atoms with E-state index in [1.54, 1.807) is 13.8 Å². The van der Waals surface area contributed by atoms with E-state index in [2.05, 4.69) is 5.32 Å². The number of ether oxygens (including phenoxy) is 1. The molecule has 0 aliphatic rings. The van der Waals surface area contributed by atoms with Crippen molar-refractivity contribution in [3.8, 4) is 5.75 Å². The fourth-order valence-corrected chi connectivity index (χ4v) is 3.19. The molecule has 0 saturated carbocycles. The van der Waals surface area contributed by atoms with Crippen LogP contribution >= 0.6 is 12.4 Å². The Morgan fingerprint density at radius 2 is 1.39 bits per heavy atom. The molecule has 0 aliphatic carbocycles. The highest BCUT2D eigenvalue weighted by atomic mass is 35.5. The van der Waals surface area contributed by atoms with Crippen LogP contribution in [-0.4, -0.2) is 46.8 Å². The molecular weight excluding hydrogens is 378 g/mol. The molecule has 0 heterocycles. The minimum atomic E-state index is -0.760. The highest BCUT2D eigenvalue weighted by Crippen LogP contribution is 2.38. The van der Waals surface area contributed by atoms with E-state index >= 15 is 0 Å². The van der Waals surface area contributed by atoms with Gasteiger partial charge in [-0.05, 0) is 30.2 Å². The standard InChI is InChI=1S/C22H27NO4.ClH/c1-15(26)12-27-21-18-9-5-3-7-16(18)20(11-23-22(2,13-24)14-25)17-8-4-6-10-19(17)21;/h3-10,15,23-26H,11-14H2,1-2H3;1H. The molecule has 3 rings (SSSR count). The van der Waals surface area contributed by atoms with Crippen molar-refractivity contribution in [2.45, 2.75) is 32.0 Å². The van der Waals surface area contributed by atoms with Gasteiger partial charge in [-0.3, -0.25) is 0 Å². The number of hydrogen-bond donors (Lipinski definition) is 4. The Labute approximate surface area is 171 Å². The molecule has 1 atom stereocenters. The van der Waals surface area contributed by atoms with Crippen molar-refractivity contribution in [2.75, 3.05) is 19.8 Å². The van der Waals surface area contributed by atoms with Crippen LogP contribution < -0.4 is 10.1 Å². The third-order valence-electron chi connectivity index (χ3n) is 4.85. The van der Waals surface area contributed by atoms with Crippen molar-refractivity contribution in [3.63, 3.8) is 0 Å². The first-order valence-electron chi connectivity index (χ1n) is 9.19. The fraction of sp³-hybridized carbons (Fsp3) is 0.364. The van der Waals surface area contributed by atoms with Gasteiger partial charge >= 0.3 is 0 Å². The molecule has 3 aromatic rings. The highest BCUT2D eigenvalue weighted by molar-refractivity contribution is 6.08. The van der Waals surface area contributed by atoms with Gasteiger partial charge in [-0.1, -0.05) is 48.5 Å². The first-order chi connectivity index (χ1) is 13.0. The lowest BCUT2D eigenvalue weighted by Crippen LogP contribution is -2.48. The fourth-order valence-electron chi connectivity index (χ4n) is 3.19. The molecule has 152 valence electrons. The SMILES string of the molecule is CC(O)COc1c2ccccc2c(CNC(C)(CO)CO)c2ccccc12.Cl. The van der Waals surface area contributed by atoms with Crippen molar-refractivity contribution >= 4 is 34.0 Å². The number of hydrogen-bond acceptors (Lipinski definition) is 5. The number of aliphatic hydroxyl groups is 3. The molecule has 3 aromatic carbocycles. The molecule has 0 radical (unpaired) electrons. The predicted octanol–water partition coefficient (Wildman–Crippen LogP) is 3.01. The van der Waals surface area contributed by atoms with Gasteiger partial charge in [0.05, 0.1) is 24.9 Å². The summed E-state index contributed by atoms with van der Waals surface area (Å²) in [7, 11) is 0. The molecule has 4 N–H and O–H groups in total. The zero-order valence-corrected chi connectivity index (χ0v) is 17.0. The van der Waals surface area contributed by atoms with Crippen molar-refractivity contribution < 1.29 is 20.1 Å². The number of benzene rings is 3. The smallest absolute Gasteiger partial charge is 0.135 e. The van der Waals surface area contributed by atoms with Crippen LogP contribution in [0.25, 0.3) is 21.5 Å². The average molecular weight is 406 g/mol. The van der Waals surface area contributed by atoms with Crippen molar-refractivity contribution in [1.29, 1.82) is 0 Å². The van der Waals surface area contributed by atoms with Crippen LogP contribution in [0.15, 0.2) is 48.5 Å². The third-order valence-corrected chi connectivity index (χ3v) is 4.85. The Hall–Kier alpha value is -1.89. The summed E-state index contributed by atoms with van der Waals surface area (Å²) in [5.74, 6) is 0.762. The summed E-state index contributed by atoms with van der Waals surface area (Å²) in [5.41, 5.74) is 0.322. The molecule has 6 heteroatoms. The second-order valence-corrected chi connectivity index (χ2v) is 7.29. The van der Waals surface area contributed by atoms with E-state index < -0.39 is 11.6 Å². The minimum absolute atomic E-state index is 0. The summed E-state index contributed by atoms with van der Waals surface area (Å²) in [5, 5.41) is 36.2. The number of aliphatic hydroxyl groups excluding tert-OH is 3. The van der Waals surface area contributed by atoms with Crippen LogP contribution in [0.2, 0.25) is 0 Å². The summed E-state index contributed by atoms with van der Waals surface area (Å²) in [6.07, 6.45) is -0.557. The molecule has 0 aromatic heterocycles. The Bertz CT molecular complexity index is 868. The Balaban J connectivity index is 0.00000280. The molecule has 5 nitrogen and oxygen atoms in total. The van der Waals surface area contributed by atoms with Gasteiger partial charge in [-0.2, -0.15) is 0 Å². The number of halogens is 1. The van der Waals surface area contributed by atoms with Crippen molar-refractivity contribution in [1.82, 2.24) is 5.32 Å². The van der Waals surface area contributed by atoms with E-state index in [0.29, 0.717) is 6.54 Å². The average Bonchev–Trinajstić information content (AvgIpc) is 2.70. The van der Waals surface area contributed by atoms with Crippen molar-refractivity contribution in [3.05, 3.63) is 54.1 Å². The topological polar surface area (TPSA) is 82.0 Å². The minimum Gasteiger partial charge on any atom is -0.490 e. The van der Waals surface area contributed by atoms with E-state index in [9.17, 15) is 15.3 Å². The number of fused-ring (bicyclic) bond motifs is 2. The first kappa shape index (κ1) is 22.4. The van der Waals surface area contributed by atoms with Gasteiger partial charge in [-0.15, -0.1) is 12.4 Å². The largest absolute Gasteiger partial charge is 0.490 e. The maximum Gasteiger partial charge on any atom is 0.135 e. The normalized spacial score (nSPS) is 12.8. The molecule has 0 spiro atoms. The lowest BCUT2D eigenvalue weighted by atomic mass is 9.94. The van der Waals surface area contributed by atoms with Crippen LogP contribution in [0.1, 0.15) is 19.4 Å². The van der Waals surface area contributed by atoms with Crippen LogP contribution in [-0.2, 0) is 6.54 Å². The maximum atomic E-state index is 9.66. The second-order valence-electron chi connectivity index (χ2n) is 7.29. The van der Waals surface area contributed by atoms with Gasteiger partial charge in [0.2, 0.25) is 0 Å². The van der Waals surface area contributed by atoms with Gasteiger partial charge in [0.15, 0.2) is 0 Å². The van der Waals surface area contributed by atoms with Crippen LogP contribution in [0.3, 0.4) is 0 Å². The van der Waals surface area contributed by atoms with E-state index in [1.807, 2.05) is 48.5 Å². The molecule has 0 bridgehead atoms. The van der Waals surface area contributed by atoms with Gasteiger partial charge < -0.3 is 25.4 Å². The molecule has 0 fully saturated rings. The summed E-state index contributed by atoms with van der Waals surface area (Å²) < 4.78 is 5.99. The van der Waals surface area contributed by atoms with Gasteiger partial charge in [0.25, 0.3) is 0 Å². The van der Waals surface area contributed by atoms with Crippen LogP contribution in [0, 0.1) is 0 Å². The zero-order valence-electron chi connectivity index (χ0n) is 16.2. The van der Waals surface area contributed by atoms with Gasteiger partial charge in [0, 0.05) is 17.3 Å². The van der Waals surface area contributed by atoms with E-state index in [0.717, 1.165) is 32.9 Å². The first-order valence-corrected chi connectivity index (χ1v) is 9.19. The maximum absolute atomic E-state index is 9.66. The Morgan fingerprint density at radius 1 is 0.929 bits per heavy atom. The lowest BCUT2D eigenvalue weighted by molar-refractivity contribution is 0.103. The van der Waals surface area contributed by atoms with Crippen LogP contribution in [0.4, 0.5) is 0 Å². The second kappa shape index (κ2) is 9.54. The Morgan fingerprint density at radius 3 is 1.82 bits per heavy atom. The quantitative estimate of drug-likeness (QED) is 0.433. The molecule has 0 saturated heterocycles. The summed E-state index contributed by atoms with van der Waals surface area (Å²) in [6, 6.07) is 16.0. The molecule has 1 unspecified atom stereocenters. The molecular formula is C22H28ClNO4. The van der Waals surface area contributed by atoms with Crippen LogP contribution in [0.5, 0.6) is 5.75 Å². The molecule has 0 amide bonds. The van der Waals surface area contributed by atoms with E-state index in [4.69, 9.17) is 4.74 Å². The molecule has 0 aliphatic heterocycles. The predicted molar refractivity (Wildman–Crippen MR) is 115 cm³/mol.